The summed E-state index contributed by atoms with van der Waals surface area (Å²) < 4.78 is 1.43. The smallest absolute Gasteiger partial charge is 0.252 e. The molecular weight excluding hydrogens is 342 g/mol. The molecule has 2 heterocycles. The summed E-state index contributed by atoms with van der Waals surface area (Å²) in [4.78, 5) is 14.3. The van der Waals surface area contributed by atoms with Crippen LogP contribution in [0.1, 0.15) is 39.3 Å². The Kier molecular flexibility index (Phi) is 5.00. The van der Waals surface area contributed by atoms with E-state index >= 15 is 0 Å². The number of benzene rings is 1. The Balaban J connectivity index is 1.97. The Morgan fingerprint density at radius 1 is 1.19 bits per heavy atom. The molecule has 6 nitrogen and oxygen atoms in total. The summed E-state index contributed by atoms with van der Waals surface area (Å²) in [5.41, 5.74) is 1.03. The monoisotopic (exact) mass is 369 g/mol. The molecule has 27 heavy (non-hydrogen) atoms. The maximum absolute atomic E-state index is 12.0. The highest BCUT2D eigenvalue weighted by Gasteiger charge is 2.29. The molecule has 0 bridgehead atoms. The molecule has 6 heteroatoms. The second-order valence-corrected chi connectivity index (χ2v) is 8.20. The lowest BCUT2D eigenvalue weighted by atomic mass is 9.75. The van der Waals surface area contributed by atoms with Gasteiger partial charge in [-0.15, -0.1) is 0 Å². The highest BCUT2D eigenvalue weighted by atomic mass is 16.3. The molecule has 0 amide bonds. The minimum Gasteiger partial charge on any atom is -0.506 e. The lowest BCUT2D eigenvalue weighted by Gasteiger charge is -2.40. The molecule has 0 spiro atoms. The molecular formula is C21H27N3O3. The number of hydrogen-bond acceptors (Lipinski definition) is 5. The zero-order valence-corrected chi connectivity index (χ0v) is 16.1. The predicted octanol–water partition coefficient (Wildman–Crippen LogP) is 3.73. The molecule has 1 aromatic heterocycles. The largest absolute Gasteiger partial charge is 0.506 e. The average Bonchev–Trinajstić information content (AvgIpc) is 2.63. The van der Waals surface area contributed by atoms with E-state index in [0.29, 0.717) is 11.3 Å². The van der Waals surface area contributed by atoms with Gasteiger partial charge in [0.1, 0.15) is 5.76 Å². The van der Waals surface area contributed by atoms with Crippen LogP contribution in [0.3, 0.4) is 0 Å². The highest BCUT2D eigenvalue weighted by Crippen LogP contribution is 2.36. The van der Waals surface area contributed by atoms with Crippen molar-refractivity contribution in [3.63, 3.8) is 0 Å². The van der Waals surface area contributed by atoms with Crippen molar-refractivity contribution in [1.29, 1.82) is 0 Å². The quantitative estimate of drug-likeness (QED) is 0.806. The van der Waals surface area contributed by atoms with E-state index < -0.39 is 16.9 Å². The predicted molar refractivity (Wildman–Crippen MR) is 108 cm³/mol. The molecule has 0 atom stereocenters. The van der Waals surface area contributed by atoms with Gasteiger partial charge in [0.05, 0.1) is 17.6 Å². The third-order valence-electron chi connectivity index (χ3n) is 5.36. The molecule has 0 radical (unpaired) electrons. The molecule has 1 aliphatic rings. The summed E-state index contributed by atoms with van der Waals surface area (Å²) in [5.74, 6) is -0.260. The fourth-order valence-electron chi connectivity index (χ4n) is 3.70. The average molecular weight is 369 g/mol. The lowest BCUT2D eigenvalue weighted by molar-refractivity contribution is 0.199. The molecule has 3 rings (SSSR count). The van der Waals surface area contributed by atoms with E-state index in [9.17, 15) is 15.0 Å². The Morgan fingerprint density at radius 3 is 2.33 bits per heavy atom. The van der Waals surface area contributed by atoms with E-state index in [4.69, 9.17) is 0 Å². The second kappa shape index (κ2) is 7.10. The summed E-state index contributed by atoms with van der Waals surface area (Å²) in [6, 6.07) is 7.73. The Morgan fingerprint density at radius 2 is 1.78 bits per heavy atom. The Hall–Kier alpha value is -2.76. The van der Waals surface area contributed by atoms with Crippen molar-refractivity contribution in [3.8, 4) is 11.4 Å². The van der Waals surface area contributed by atoms with Crippen LogP contribution in [0.4, 0.5) is 5.69 Å². The third kappa shape index (κ3) is 3.84. The topological polar surface area (TPSA) is 78.6 Å². The van der Waals surface area contributed by atoms with Gasteiger partial charge in [0, 0.05) is 13.1 Å². The van der Waals surface area contributed by atoms with Crippen LogP contribution in [0.25, 0.3) is 11.4 Å². The number of rotatable bonds is 3. The summed E-state index contributed by atoms with van der Waals surface area (Å²) in [5, 5.41) is 23.8. The van der Waals surface area contributed by atoms with Gasteiger partial charge in [-0.2, -0.15) is 5.10 Å². The summed E-state index contributed by atoms with van der Waals surface area (Å²) in [7, 11) is 0. The number of aliphatic hydroxyl groups is 1. The van der Waals surface area contributed by atoms with Gasteiger partial charge in [-0.1, -0.05) is 39.5 Å². The fourth-order valence-corrected chi connectivity index (χ4v) is 3.70. The SMILES string of the molecule is C=C(O)c1nn(-c2ccccc2N2CCC(C(C)(C)C)CC2)cc(O)c1=O. The molecule has 1 aromatic carbocycles. The Labute approximate surface area is 159 Å². The number of aliphatic hydroxyl groups excluding tert-OH is 1. The van der Waals surface area contributed by atoms with E-state index in [-0.39, 0.29) is 5.69 Å². The first-order chi connectivity index (χ1) is 12.7. The number of nitrogens with zero attached hydrogens (tertiary/aromatic N) is 3. The molecule has 144 valence electrons. The number of hydrogen-bond donors (Lipinski definition) is 2. The van der Waals surface area contributed by atoms with Gasteiger partial charge in [-0.05, 0) is 36.3 Å². The van der Waals surface area contributed by atoms with E-state index in [1.165, 1.54) is 10.9 Å². The zero-order valence-electron chi connectivity index (χ0n) is 16.1. The standard InChI is InChI=1S/C21H27N3O3/c1-14(25)19-20(27)18(26)13-24(22-19)17-8-6-5-7-16(17)23-11-9-15(10-12-23)21(2,3)4/h5-8,13,15,25-26H,1,9-12H2,2-4H3. The first kappa shape index (κ1) is 19.0. The van der Waals surface area contributed by atoms with Gasteiger partial charge in [-0.25, -0.2) is 4.68 Å². The van der Waals surface area contributed by atoms with Gasteiger partial charge < -0.3 is 15.1 Å². The van der Waals surface area contributed by atoms with Gasteiger partial charge in [0.2, 0.25) is 0 Å². The highest BCUT2D eigenvalue weighted by molar-refractivity contribution is 5.63. The number of aromatic hydroxyl groups is 1. The van der Waals surface area contributed by atoms with Crippen LogP contribution in [0.15, 0.2) is 41.8 Å². The van der Waals surface area contributed by atoms with Crippen LogP contribution in [-0.2, 0) is 0 Å². The van der Waals surface area contributed by atoms with E-state index in [1.807, 2.05) is 24.3 Å². The second-order valence-electron chi connectivity index (χ2n) is 8.20. The van der Waals surface area contributed by atoms with Crippen molar-refractivity contribution < 1.29 is 10.2 Å². The maximum atomic E-state index is 12.0. The van der Waals surface area contributed by atoms with Gasteiger partial charge in [0.25, 0.3) is 5.43 Å². The fraction of sp³-hybridized carbons (Fsp3) is 0.429. The van der Waals surface area contributed by atoms with E-state index in [1.54, 1.807) is 0 Å². The zero-order chi connectivity index (χ0) is 19.8. The molecule has 1 saturated heterocycles. The van der Waals surface area contributed by atoms with Gasteiger partial charge in [0.15, 0.2) is 11.4 Å². The van der Waals surface area contributed by atoms with E-state index in [2.05, 4.69) is 37.3 Å². The lowest BCUT2D eigenvalue weighted by Crippen LogP contribution is -2.38. The molecule has 0 unspecified atom stereocenters. The van der Waals surface area contributed by atoms with Crippen molar-refractivity contribution in [2.24, 2.45) is 11.3 Å². The molecule has 2 N–H and O–H groups in total. The summed E-state index contributed by atoms with van der Waals surface area (Å²) in [6.07, 6.45) is 3.49. The van der Waals surface area contributed by atoms with E-state index in [0.717, 1.165) is 37.3 Å². The van der Waals surface area contributed by atoms with Crippen molar-refractivity contribution >= 4 is 11.4 Å². The van der Waals surface area contributed by atoms with Crippen LogP contribution >= 0.6 is 0 Å². The first-order valence-corrected chi connectivity index (χ1v) is 9.24. The van der Waals surface area contributed by atoms with Crippen molar-refractivity contribution in [3.05, 3.63) is 53.0 Å². The first-order valence-electron chi connectivity index (χ1n) is 9.24. The maximum Gasteiger partial charge on any atom is 0.252 e. The van der Waals surface area contributed by atoms with Crippen molar-refractivity contribution in [1.82, 2.24) is 9.78 Å². The molecule has 0 aliphatic carbocycles. The van der Waals surface area contributed by atoms with Crippen LogP contribution in [0.5, 0.6) is 5.75 Å². The molecule has 2 aromatic rings. The number of para-hydroxylation sites is 2. The number of piperidine rings is 1. The van der Waals surface area contributed by atoms with Crippen LogP contribution in [-0.4, -0.2) is 33.1 Å². The minimum atomic E-state index is -0.734. The normalized spacial score (nSPS) is 15.7. The van der Waals surface area contributed by atoms with Crippen LogP contribution < -0.4 is 10.3 Å². The Bertz CT molecular complexity index is 904. The summed E-state index contributed by atoms with van der Waals surface area (Å²) >= 11 is 0. The van der Waals surface area contributed by atoms with Gasteiger partial charge in [-0.3, -0.25) is 4.79 Å². The van der Waals surface area contributed by atoms with Crippen LogP contribution in [0.2, 0.25) is 0 Å². The molecule has 1 fully saturated rings. The van der Waals surface area contributed by atoms with Gasteiger partial charge >= 0.3 is 0 Å². The summed E-state index contributed by atoms with van der Waals surface area (Å²) in [6.45, 7) is 12.1. The number of aromatic nitrogens is 2. The van der Waals surface area contributed by atoms with Crippen molar-refractivity contribution in [2.75, 3.05) is 18.0 Å². The number of anilines is 1. The van der Waals surface area contributed by atoms with Crippen molar-refractivity contribution in [2.45, 2.75) is 33.6 Å². The molecule has 1 aliphatic heterocycles. The van der Waals surface area contributed by atoms with Crippen LogP contribution in [0, 0.1) is 11.3 Å². The minimum absolute atomic E-state index is 0.253. The third-order valence-corrected chi connectivity index (χ3v) is 5.36. The molecule has 0 saturated carbocycles.